The standard InChI is InChI=1S/C14H13NO3/c1-10-2-6-12(7-3-10)18-13-8-4-11(5-9-13)14(16)15-17/h2-9,17H,1H3,(H,15,16). The first-order valence-electron chi connectivity index (χ1n) is 5.48. The minimum absolute atomic E-state index is 0.369. The highest BCUT2D eigenvalue weighted by Crippen LogP contribution is 2.21. The highest BCUT2D eigenvalue weighted by atomic mass is 16.5. The van der Waals surface area contributed by atoms with Gasteiger partial charge in [0.05, 0.1) is 0 Å². The van der Waals surface area contributed by atoms with Gasteiger partial charge in [0.15, 0.2) is 0 Å². The van der Waals surface area contributed by atoms with Gasteiger partial charge in [-0.3, -0.25) is 10.0 Å². The van der Waals surface area contributed by atoms with Gasteiger partial charge in [-0.1, -0.05) is 17.7 Å². The van der Waals surface area contributed by atoms with Crippen molar-refractivity contribution >= 4 is 5.91 Å². The van der Waals surface area contributed by atoms with Crippen LogP contribution in [0.3, 0.4) is 0 Å². The van der Waals surface area contributed by atoms with E-state index in [2.05, 4.69) is 0 Å². The summed E-state index contributed by atoms with van der Waals surface area (Å²) in [5.41, 5.74) is 3.11. The van der Waals surface area contributed by atoms with Crippen molar-refractivity contribution in [1.82, 2.24) is 5.48 Å². The van der Waals surface area contributed by atoms with Crippen molar-refractivity contribution < 1.29 is 14.7 Å². The lowest BCUT2D eigenvalue weighted by molar-refractivity contribution is 0.0706. The first-order valence-corrected chi connectivity index (χ1v) is 5.48. The summed E-state index contributed by atoms with van der Waals surface area (Å²) in [4.78, 5) is 11.1. The highest BCUT2D eigenvalue weighted by Gasteiger charge is 2.04. The maximum Gasteiger partial charge on any atom is 0.274 e. The van der Waals surface area contributed by atoms with Crippen molar-refractivity contribution in [1.29, 1.82) is 0 Å². The fourth-order valence-electron chi connectivity index (χ4n) is 1.48. The summed E-state index contributed by atoms with van der Waals surface area (Å²) >= 11 is 0. The van der Waals surface area contributed by atoms with Crippen LogP contribution >= 0.6 is 0 Å². The molecule has 0 fully saturated rings. The van der Waals surface area contributed by atoms with Gasteiger partial charge in [-0.05, 0) is 43.3 Å². The molecular weight excluding hydrogens is 230 g/mol. The zero-order valence-corrected chi connectivity index (χ0v) is 9.88. The van der Waals surface area contributed by atoms with Crippen LogP contribution in [0.15, 0.2) is 48.5 Å². The molecule has 2 aromatic carbocycles. The number of benzene rings is 2. The van der Waals surface area contributed by atoms with E-state index in [-0.39, 0.29) is 0 Å². The molecule has 0 aromatic heterocycles. The highest BCUT2D eigenvalue weighted by molar-refractivity contribution is 5.93. The molecule has 4 nitrogen and oxygen atoms in total. The second-order valence-electron chi connectivity index (χ2n) is 3.88. The zero-order chi connectivity index (χ0) is 13.0. The number of hydroxylamine groups is 1. The van der Waals surface area contributed by atoms with Gasteiger partial charge in [0.2, 0.25) is 0 Å². The van der Waals surface area contributed by atoms with Gasteiger partial charge >= 0.3 is 0 Å². The van der Waals surface area contributed by atoms with Gasteiger partial charge in [0, 0.05) is 5.56 Å². The maximum atomic E-state index is 11.1. The Morgan fingerprint density at radius 1 is 1.00 bits per heavy atom. The van der Waals surface area contributed by atoms with E-state index in [1.165, 1.54) is 0 Å². The Kier molecular flexibility index (Phi) is 3.60. The summed E-state index contributed by atoms with van der Waals surface area (Å²) in [6.45, 7) is 2.01. The van der Waals surface area contributed by atoms with Crippen molar-refractivity contribution in [2.45, 2.75) is 6.92 Å². The average molecular weight is 243 g/mol. The van der Waals surface area contributed by atoms with Crippen molar-refractivity contribution in [3.05, 3.63) is 59.7 Å². The SMILES string of the molecule is Cc1ccc(Oc2ccc(C(=O)NO)cc2)cc1. The fraction of sp³-hybridized carbons (Fsp3) is 0.0714. The molecule has 1 amide bonds. The normalized spacial score (nSPS) is 9.89. The van der Waals surface area contributed by atoms with Crippen molar-refractivity contribution in [2.75, 3.05) is 0 Å². The van der Waals surface area contributed by atoms with E-state index in [4.69, 9.17) is 9.94 Å². The third-order valence-electron chi connectivity index (χ3n) is 2.47. The molecule has 0 aliphatic heterocycles. The summed E-state index contributed by atoms with van der Waals surface area (Å²) in [6, 6.07) is 14.2. The van der Waals surface area contributed by atoms with Crippen LogP contribution < -0.4 is 10.2 Å². The molecule has 0 saturated carbocycles. The van der Waals surface area contributed by atoms with Crippen LogP contribution in [0, 0.1) is 6.92 Å². The van der Waals surface area contributed by atoms with Gasteiger partial charge in [0.1, 0.15) is 11.5 Å². The third kappa shape index (κ3) is 2.87. The maximum absolute atomic E-state index is 11.1. The number of hydrogen-bond donors (Lipinski definition) is 2. The van der Waals surface area contributed by atoms with Gasteiger partial charge in [0.25, 0.3) is 5.91 Å². The minimum Gasteiger partial charge on any atom is -0.457 e. The number of nitrogens with one attached hydrogen (secondary N) is 1. The van der Waals surface area contributed by atoms with E-state index >= 15 is 0 Å². The molecule has 2 N–H and O–H groups in total. The zero-order valence-electron chi connectivity index (χ0n) is 9.88. The smallest absolute Gasteiger partial charge is 0.274 e. The Bertz CT molecular complexity index is 532. The van der Waals surface area contributed by atoms with E-state index in [1.807, 2.05) is 31.2 Å². The van der Waals surface area contributed by atoms with Gasteiger partial charge in [-0.15, -0.1) is 0 Å². The summed E-state index contributed by atoms with van der Waals surface area (Å²) in [5.74, 6) is 0.824. The number of amides is 1. The van der Waals surface area contributed by atoms with E-state index < -0.39 is 5.91 Å². The number of ether oxygens (including phenoxy) is 1. The molecule has 0 spiro atoms. The molecule has 4 heteroatoms. The van der Waals surface area contributed by atoms with Crippen LogP contribution in [-0.4, -0.2) is 11.1 Å². The average Bonchev–Trinajstić information content (AvgIpc) is 2.41. The number of rotatable bonds is 3. The van der Waals surface area contributed by atoms with Crippen LogP contribution in [0.5, 0.6) is 11.5 Å². The molecule has 92 valence electrons. The molecule has 0 aliphatic rings. The predicted molar refractivity (Wildman–Crippen MR) is 66.9 cm³/mol. The number of aryl methyl sites for hydroxylation is 1. The first-order chi connectivity index (χ1) is 8.69. The Balaban J connectivity index is 2.10. The molecule has 0 radical (unpaired) electrons. The van der Waals surface area contributed by atoms with Crippen molar-refractivity contribution in [3.8, 4) is 11.5 Å². The van der Waals surface area contributed by atoms with E-state index in [0.29, 0.717) is 11.3 Å². The Labute approximate surface area is 105 Å². The second kappa shape index (κ2) is 5.33. The molecule has 0 aliphatic carbocycles. The Hall–Kier alpha value is -2.33. The lowest BCUT2D eigenvalue weighted by Crippen LogP contribution is -2.18. The lowest BCUT2D eigenvalue weighted by atomic mass is 10.2. The largest absolute Gasteiger partial charge is 0.457 e. The molecular formula is C14H13NO3. The Morgan fingerprint density at radius 3 is 2.00 bits per heavy atom. The van der Waals surface area contributed by atoms with E-state index in [9.17, 15) is 4.79 Å². The fourth-order valence-corrected chi connectivity index (χ4v) is 1.48. The molecule has 0 atom stereocenters. The molecule has 0 saturated heterocycles. The summed E-state index contributed by atoms with van der Waals surface area (Å²) in [5, 5.41) is 8.49. The molecule has 0 heterocycles. The lowest BCUT2D eigenvalue weighted by Gasteiger charge is -2.06. The van der Waals surface area contributed by atoms with E-state index in [1.54, 1.807) is 29.7 Å². The van der Waals surface area contributed by atoms with Crippen LogP contribution in [0.1, 0.15) is 15.9 Å². The summed E-state index contributed by atoms with van der Waals surface area (Å²) in [6.07, 6.45) is 0. The molecule has 18 heavy (non-hydrogen) atoms. The van der Waals surface area contributed by atoms with Gasteiger partial charge in [-0.2, -0.15) is 0 Å². The monoisotopic (exact) mass is 243 g/mol. The van der Waals surface area contributed by atoms with Crippen molar-refractivity contribution in [3.63, 3.8) is 0 Å². The number of carbonyl (C=O) groups is 1. The number of carbonyl (C=O) groups excluding carboxylic acids is 1. The Morgan fingerprint density at radius 2 is 1.50 bits per heavy atom. The van der Waals surface area contributed by atoms with Crippen LogP contribution in [-0.2, 0) is 0 Å². The van der Waals surface area contributed by atoms with Crippen LogP contribution in [0.4, 0.5) is 0 Å². The quantitative estimate of drug-likeness (QED) is 0.643. The van der Waals surface area contributed by atoms with Crippen LogP contribution in [0.2, 0.25) is 0 Å². The van der Waals surface area contributed by atoms with Crippen LogP contribution in [0.25, 0.3) is 0 Å². The third-order valence-corrected chi connectivity index (χ3v) is 2.47. The summed E-state index contributed by atoms with van der Waals surface area (Å²) < 4.78 is 5.61. The topological polar surface area (TPSA) is 58.6 Å². The minimum atomic E-state index is -0.545. The molecule has 2 rings (SSSR count). The number of hydrogen-bond acceptors (Lipinski definition) is 3. The second-order valence-corrected chi connectivity index (χ2v) is 3.88. The first kappa shape index (κ1) is 12.1. The van der Waals surface area contributed by atoms with Gasteiger partial charge in [-0.25, -0.2) is 5.48 Å². The van der Waals surface area contributed by atoms with E-state index in [0.717, 1.165) is 11.3 Å². The summed E-state index contributed by atoms with van der Waals surface area (Å²) in [7, 11) is 0. The van der Waals surface area contributed by atoms with Gasteiger partial charge < -0.3 is 4.74 Å². The molecule has 0 bridgehead atoms. The molecule has 2 aromatic rings. The predicted octanol–water partition coefficient (Wildman–Crippen LogP) is 2.91. The molecule has 0 unspecified atom stereocenters. The van der Waals surface area contributed by atoms with Crippen molar-refractivity contribution in [2.24, 2.45) is 0 Å².